The molecule has 3 heteroatoms. The van der Waals surface area contributed by atoms with Crippen molar-refractivity contribution in [3.8, 4) is 0 Å². The topological polar surface area (TPSA) is 20.2 Å². The molecular formula is C12H30OSi2. The molecular weight excluding hydrogens is 216 g/mol. The first-order valence-electron chi connectivity index (χ1n) is 6.38. The van der Waals surface area contributed by atoms with E-state index in [-0.39, 0.29) is 9.52 Å². The summed E-state index contributed by atoms with van der Waals surface area (Å²) in [5, 5.41) is 9.40. The van der Waals surface area contributed by atoms with Gasteiger partial charge in [0.25, 0.3) is 0 Å². The zero-order valence-electron chi connectivity index (χ0n) is 11.4. The number of aliphatic hydroxyl groups excluding tert-OH is 1. The summed E-state index contributed by atoms with van der Waals surface area (Å²) < 4.78 is 0. The van der Waals surface area contributed by atoms with Gasteiger partial charge in [-0.15, -0.1) is 0 Å². The van der Waals surface area contributed by atoms with Crippen molar-refractivity contribution in [3.05, 3.63) is 0 Å². The maximum atomic E-state index is 8.83. The molecule has 0 aliphatic heterocycles. The summed E-state index contributed by atoms with van der Waals surface area (Å²) in [5.74, 6) is 0. The van der Waals surface area contributed by atoms with Gasteiger partial charge in [0, 0.05) is 24.2 Å². The van der Waals surface area contributed by atoms with Crippen LogP contribution in [0.3, 0.4) is 0 Å². The van der Waals surface area contributed by atoms with E-state index < -0.39 is 8.07 Å². The van der Waals surface area contributed by atoms with Crippen molar-refractivity contribution in [2.75, 3.05) is 6.61 Å². The zero-order chi connectivity index (χ0) is 11.9. The highest BCUT2D eigenvalue weighted by molar-refractivity contribution is 6.76. The minimum atomic E-state index is -0.797. The summed E-state index contributed by atoms with van der Waals surface area (Å²) in [7, 11) is -0.736. The van der Waals surface area contributed by atoms with Gasteiger partial charge in [-0.25, -0.2) is 0 Å². The molecule has 0 spiro atoms. The van der Waals surface area contributed by atoms with Crippen LogP contribution in [0.2, 0.25) is 36.8 Å². The van der Waals surface area contributed by atoms with Crippen LogP contribution in [-0.2, 0) is 0 Å². The van der Waals surface area contributed by atoms with E-state index in [4.69, 9.17) is 5.11 Å². The molecule has 0 unspecified atom stereocenters. The lowest BCUT2D eigenvalue weighted by Crippen LogP contribution is -2.20. The lowest BCUT2D eigenvalue weighted by atomic mass is 10.1. The van der Waals surface area contributed by atoms with E-state index in [0.717, 1.165) is 6.42 Å². The zero-order valence-corrected chi connectivity index (χ0v) is 13.8. The molecule has 0 atom stereocenters. The molecule has 0 saturated heterocycles. The van der Waals surface area contributed by atoms with E-state index in [0.29, 0.717) is 11.6 Å². The monoisotopic (exact) mass is 246 g/mol. The molecule has 1 N–H and O–H groups in total. The lowest BCUT2D eigenvalue weighted by Gasteiger charge is -2.24. The van der Waals surface area contributed by atoms with Gasteiger partial charge in [0.15, 0.2) is 0 Å². The highest BCUT2D eigenvalue weighted by Crippen LogP contribution is 2.31. The van der Waals surface area contributed by atoms with Crippen LogP contribution in [0.5, 0.6) is 0 Å². The van der Waals surface area contributed by atoms with E-state index in [1.165, 1.54) is 24.9 Å². The second-order valence-electron chi connectivity index (χ2n) is 6.76. The van der Waals surface area contributed by atoms with Crippen molar-refractivity contribution in [1.82, 2.24) is 0 Å². The average molecular weight is 247 g/mol. The fourth-order valence-electron chi connectivity index (χ4n) is 1.94. The molecule has 0 fully saturated rings. The Bertz CT molecular complexity index is 161. The Morgan fingerprint density at radius 3 is 2.20 bits per heavy atom. The van der Waals surface area contributed by atoms with Crippen LogP contribution in [0.4, 0.5) is 0 Å². The quantitative estimate of drug-likeness (QED) is 0.515. The Labute approximate surface area is 99.5 Å². The van der Waals surface area contributed by atoms with Crippen LogP contribution in [-0.4, -0.2) is 29.3 Å². The largest absolute Gasteiger partial charge is 0.396 e. The predicted octanol–water partition coefficient (Wildman–Crippen LogP) is 3.27. The standard InChI is InChI=1S/C12H30OSi2/c1-12(2,8-6-9-13)14-10-7-11-15(3,4)5/h13H,6-11,14H2,1-5H3. The van der Waals surface area contributed by atoms with Crippen LogP contribution >= 0.6 is 0 Å². The Hall–Kier alpha value is 0.394. The molecule has 0 aliphatic rings. The SMILES string of the molecule is CC(C)(CCCO)[SiH2]CCC[Si](C)(C)C. The first-order valence-corrected chi connectivity index (χ1v) is 11.8. The van der Waals surface area contributed by atoms with Crippen molar-refractivity contribution in [1.29, 1.82) is 0 Å². The summed E-state index contributed by atoms with van der Waals surface area (Å²) in [4.78, 5) is 0. The number of aliphatic hydroxyl groups is 1. The maximum absolute atomic E-state index is 8.83. The summed E-state index contributed by atoms with van der Waals surface area (Å²) in [5.41, 5.74) is 0. The highest BCUT2D eigenvalue weighted by Gasteiger charge is 2.18. The summed E-state index contributed by atoms with van der Waals surface area (Å²) in [6.07, 6.45) is 3.68. The van der Waals surface area contributed by atoms with Gasteiger partial charge in [0.2, 0.25) is 0 Å². The van der Waals surface area contributed by atoms with E-state index in [9.17, 15) is 0 Å². The Morgan fingerprint density at radius 2 is 1.73 bits per heavy atom. The van der Waals surface area contributed by atoms with Crippen molar-refractivity contribution in [2.45, 2.75) is 69.9 Å². The fourth-order valence-corrected chi connectivity index (χ4v) is 5.71. The smallest absolute Gasteiger partial charge is 0.0442 e. The fraction of sp³-hybridized carbons (Fsp3) is 1.00. The van der Waals surface area contributed by atoms with Crippen molar-refractivity contribution in [2.24, 2.45) is 0 Å². The third-order valence-corrected chi connectivity index (χ3v) is 7.46. The lowest BCUT2D eigenvalue weighted by molar-refractivity contribution is 0.277. The summed E-state index contributed by atoms with van der Waals surface area (Å²) >= 11 is 0. The number of rotatable bonds is 8. The molecule has 0 rings (SSSR count). The van der Waals surface area contributed by atoms with Crippen LogP contribution < -0.4 is 0 Å². The average Bonchev–Trinajstić information content (AvgIpc) is 2.08. The third-order valence-electron chi connectivity index (χ3n) is 3.04. The Kier molecular flexibility index (Phi) is 7.05. The van der Waals surface area contributed by atoms with Gasteiger partial charge in [-0.2, -0.15) is 0 Å². The minimum absolute atomic E-state index is 0.0611. The van der Waals surface area contributed by atoms with Crippen LogP contribution in [0.1, 0.15) is 33.1 Å². The molecule has 0 amide bonds. The summed E-state index contributed by atoms with van der Waals surface area (Å²) in [6, 6.07) is 3.00. The van der Waals surface area contributed by atoms with Crippen LogP contribution in [0.25, 0.3) is 0 Å². The van der Waals surface area contributed by atoms with Gasteiger partial charge in [0.05, 0.1) is 0 Å². The molecule has 0 bridgehead atoms. The molecule has 0 aliphatic carbocycles. The molecule has 0 saturated carbocycles. The molecule has 0 aromatic heterocycles. The van der Waals surface area contributed by atoms with Gasteiger partial charge >= 0.3 is 0 Å². The van der Waals surface area contributed by atoms with Crippen molar-refractivity contribution < 1.29 is 5.11 Å². The molecule has 0 aromatic rings. The molecule has 0 heterocycles. The van der Waals surface area contributed by atoms with Gasteiger partial charge in [-0.3, -0.25) is 0 Å². The maximum Gasteiger partial charge on any atom is 0.0442 e. The van der Waals surface area contributed by atoms with Crippen LogP contribution in [0.15, 0.2) is 0 Å². The summed E-state index contributed by atoms with van der Waals surface area (Å²) in [6.45, 7) is 12.5. The van der Waals surface area contributed by atoms with Gasteiger partial charge in [0.1, 0.15) is 0 Å². The molecule has 1 nitrogen and oxygen atoms in total. The first kappa shape index (κ1) is 15.4. The van der Waals surface area contributed by atoms with Crippen molar-refractivity contribution in [3.63, 3.8) is 0 Å². The van der Waals surface area contributed by atoms with E-state index in [1.54, 1.807) is 0 Å². The van der Waals surface area contributed by atoms with Crippen molar-refractivity contribution >= 4 is 17.6 Å². The van der Waals surface area contributed by atoms with E-state index in [1.807, 2.05) is 0 Å². The molecule has 92 valence electrons. The number of hydrogen-bond acceptors (Lipinski definition) is 1. The third kappa shape index (κ3) is 10.7. The number of hydrogen-bond donors (Lipinski definition) is 1. The first-order chi connectivity index (χ1) is 6.77. The molecule has 0 radical (unpaired) electrons. The highest BCUT2D eigenvalue weighted by atomic mass is 28.3. The van der Waals surface area contributed by atoms with E-state index >= 15 is 0 Å². The second-order valence-corrected chi connectivity index (χ2v) is 15.5. The predicted molar refractivity (Wildman–Crippen MR) is 76.5 cm³/mol. The van der Waals surface area contributed by atoms with Crippen LogP contribution in [0, 0.1) is 0 Å². The Morgan fingerprint density at radius 1 is 1.13 bits per heavy atom. The van der Waals surface area contributed by atoms with Gasteiger partial charge in [-0.05, 0) is 17.9 Å². The normalized spacial score (nSPS) is 14.0. The molecule has 15 heavy (non-hydrogen) atoms. The Balaban J connectivity index is 3.57. The minimum Gasteiger partial charge on any atom is -0.396 e. The van der Waals surface area contributed by atoms with Gasteiger partial charge < -0.3 is 5.11 Å². The van der Waals surface area contributed by atoms with Gasteiger partial charge in [-0.1, -0.05) is 52.0 Å². The second kappa shape index (κ2) is 6.87. The molecule has 0 aromatic carbocycles. The van der Waals surface area contributed by atoms with E-state index in [2.05, 4.69) is 33.5 Å².